The molecule has 0 bridgehead atoms. The maximum atomic E-state index is 11.0. The Labute approximate surface area is 118 Å². The first-order valence-corrected chi connectivity index (χ1v) is 7.11. The highest BCUT2D eigenvalue weighted by atomic mass is 16.4. The van der Waals surface area contributed by atoms with E-state index in [4.69, 9.17) is 10.2 Å². The summed E-state index contributed by atoms with van der Waals surface area (Å²) in [4.78, 5) is 21.6. The van der Waals surface area contributed by atoms with Crippen LogP contribution in [0, 0.1) is 5.92 Å². The van der Waals surface area contributed by atoms with Crippen LogP contribution < -0.4 is 0 Å². The summed E-state index contributed by atoms with van der Waals surface area (Å²) >= 11 is 0. The smallest absolute Gasteiger partial charge is 0.335 e. The third-order valence-electron chi connectivity index (χ3n) is 4.22. The van der Waals surface area contributed by atoms with Gasteiger partial charge >= 0.3 is 11.9 Å². The second kappa shape index (κ2) is 6.55. The van der Waals surface area contributed by atoms with Gasteiger partial charge in [-0.1, -0.05) is 12.1 Å². The van der Waals surface area contributed by atoms with Crippen molar-refractivity contribution in [3.05, 3.63) is 35.4 Å². The van der Waals surface area contributed by atoms with E-state index < -0.39 is 11.9 Å². The van der Waals surface area contributed by atoms with E-state index in [0.29, 0.717) is 17.4 Å². The molecule has 1 aliphatic carbocycles. The van der Waals surface area contributed by atoms with Crippen molar-refractivity contribution in [2.75, 3.05) is 0 Å². The van der Waals surface area contributed by atoms with Gasteiger partial charge < -0.3 is 10.2 Å². The summed E-state index contributed by atoms with van der Waals surface area (Å²) in [6, 6.07) is 7.18. The molecule has 1 aromatic rings. The van der Waals surface area contributed by atoms with E-state index in [0.717, 1.165) is 37.7 Å². The zero-order chi connectivity index (χ0) is 14.5. The number of hydrogen-bond donors (Lipinski definition) is 2. The molecule has 0 spiro atoms. The van der Waals surface area contributed by atoms with Gasteiger partial charge in [0.15, 0.2) is 0 Å². The van der Waals surface area contributed by atoms with E-state index in [-0.39, 0.29) is 6.42 Å². The van der Waals surface area contributed by atoms with Gasteiger partial charge in [-0.2, -0.15) is 0 Å². The highest BCUT2D eigenvalue weighted by molar-refractivity contribution is 5.87. The Hall–Kier alpha value is -1.84. The van der Waals surface area contributed by atoms with Crippen LogP contribution in [0.2, 0.25) is 0 Å². The first kappa shape index (κ1) is 14.6. The molecule has 4 nitrogen and oxygen atoms in total. The lowest BCUT2D eigenvalue weighted by atomic mass is 9.77. The Morgan fingerprint density at radius 1 is 1.10 bits per heavy atom. The van der Waals surface area contributed by atoms with Crippen LogP contribution in [0.4, 0.5) is 0 Å². The molecule has 4 heteroatoms. The van der Waals surface area contributed by atoms with Crippen LogP contribution >= 0.6 is 0 Å². The second-order valence-corrected chi connectivity index (χ2v) is 5.58. The first-order chi connectivity index (χ1) is 9.56. The van der Waals surface area contributed by atoms with Crippen LogP contribution in [-0.4, -0.2) is 22.2 Å². The lowest BCUT2D eigenvalue weighted by Gasteiger charge is -2.28. The summed E-state index contributed by atoms with van der Waals surface area (Å²) in [7, 11) is 0. The lowest BCUT2D eigenvalue weighted by Crippen LogP contribution is -2.15. The van der Waals surface area contributed by atoms with Crippen molar-refractivity contribution in [1.82, 2.24) is 0 Å². The Kier molecular flexibility index (Phi) is 4.77. The number of aliphatic carboxylic acids is 1. The van der Waals surface area contributed by atoms with Crippen LogP contribution in [-0.2, 0) is 4.79 Å². The normalized spacial score (nSPS) is 22.4. The zero-order valence-electron chi connectivity index (χ0n) is 11.4. The molecule has 1 aromatic carbocycles. The van der Waals surface area contributed by atoms with Crippen LogP contribution in [0.25, 0.3) is 0 Å². The number of benzene rings is 1. The minimum absolute atomic E-state index is 0.254. The topological polar surface area (TPSA) is 74.6 Å². The maximum absolute atomic E-state index is 11.0. The highest BCUT2D eigenvalue weighted by Gasteiger charge is 2.23. The number of rotatable bonds is 5. The number of carboxylic acid groups (broad SMARTS) is 2. The average molecular weight is 276 g/mol. The number of hydrogen-bond acceptors (Lipinski definition) is 2. The molecular formula is C16H20O4. The van der Waals surface area contributed by atoms with Crippen molar-refractivity contribution in [3.8, 4) is 0 Å². The third kappa shape index (κ3) is 3.83. The Morgan fingerprint density at radius 3 is 2.40 bits per heavy atom. The molecule has 1 saturated carbocycles. The molecule has 0 radical (unpaired) electrons. The summed E-state index contributed by atoms with van der Waals surface area (Å²) in [6.07, 6.45) is 5.13. The average Bonchev–Trinajstić information content (AvgIpc) is 2.46. The first-order valence-electron chi connectivity index (χ1n) is 7.11. The molecule has 0 unspecified atom stereocenters. The van der Waals surface area contributed by atoms with E-state index in [9.17, 15) is 9.59 Å². The van der Waals surface area contributed by atoms with E-state index in [1.807, 2.05) is 6.07 Å². The van der Waals surface area contributed by atoms with Crippen molar-refractivity contribution in [2.45, 2.75) is 44.4 Å². The molecule has 0 heterocycles. The largest absolute Gasteiger partial charge is 0.481 e. The van der Waals surface area contributed by atoms with Crippen molar-refractivity contribution in [1.29, 1.82) is 0 Å². The van der Waals surface area contributed by atoms with Gasteiger partial charge in [0.05, 0.1) is 5.56 Å². The number of carbonyl (C=O) groups is 2. The van der Waals surface area contributed by atoms with E-state index >= 15 is 0 Å². The molecular weight excluding hydrogens is 256 g/mol. The van der Waals surface area contributed by atoms with Crippen LogP contribution in [0.3, 0.4) is 0 Å². The Bertz CT molecular complexity index is 487. The molecule has 2 N–H and O–H groups in total. The van der Waals surface area contributed by atoms with Crippen molar-refractivity contribution < 1.29 is 19.8 Å². The zero-order valence-corrected chi connectivity index (χ0v) is 11.4. The Morgan fingerprint density at radius 2 is 1.80 bits per heavy atom. The van der Waals surface area contributed by atoms with Crippen LogP contribution in [0.1, 0.15) is 60.4 Å². The molecule has 0 saturated heterocycles. The van der Waals surface area contributed by atoms with Gasteiger partial charge in [-0.15, -0.1) is 0 Å². The maximum Gasteiger partial charge on any atom is 0.335 e. The SMILES string of the molecule is O=C(O)CCC1CCC(c2cccc(C(=O)O)c2)CC1. The molecule has 1 fully saturated rings. The van der Waals surface area contributed by atoms with Crippen molar-refractivity contribution in [2.24, 2.45) is 5.92 Å². The summed E-state index contributed by atoms with van der Waals surface area (Å²) in [5.74, 6) is -0.691. The van der Waals surface area contributed by atoms with Gasteiger partial charge in [0.2, 0.25) is 0 Å². The third-order valence-corrected chi connectivity index (χ3v) is 4.22. The molecule has 0 aromatic heterocycles. The molecule has 1 aliphatic rings. The van der Waals surface area contributed by atoms with Crippen LogP contribution in [0.15, 0.2) is 24.3 Å². The van der Waals surface area contributed by atoms with E-state index in [1.54, 1.807) is 18.2 Å². The Balaban J connectivity index is 1.92. The minimum Gasteiger partial charge on any atom is -0.481 e. The molecule has 0 aliphatic heterocycles. The van der Waals surface area contributed by atoms with Crippen molar-refractivity contribution in [3.63, 3.8) is 0 Å². The predicted molar refractivity (Wildman–Crippen MR) is 75.0 cm³/mol. The molecule has 108 valence electrons. The standard InChI is InChI=1S/C16H20O4/c17-15(18)9-6-11-4-7-12(8-5-11)13-2-1-3-14(10-13)16(19)20/h1-3,10-12H,4-9H2,(H,17,18)(H,19,20). The summed E-state index contributed by atoms with van der Waals surface area (Å²) < 4.78 is 0. The van der Waals surface area contributed by atoms with E-state index in [1.165, 1.54) is 0 Å². The number of aromatic carboxylic acids is 1. The quantitative estimate of drug-likeness (QED) is 0.862. The van der Waals surface area contributed by atoms with E-state index in [2.05, 4.69) is 0 Å². The molecule has 0 amide bonds. The van der Waals surface area contributed by atoms with Gasteiger partial charge in [0.25, 0.3) is 0 Å². The van der Waals surface area contributed by atoms with Crippen molar-refractivity contribution >= 4 is 11.9 Å². The highest BCUT2D eigenvalue weighted by Crippen LogP contribution is 2.37. The summed E-state index contributed by atoms with van der Waals surface area (Å²) in [6.45, 7) is 0. The summed E-state index contributed by atoms with van der Waals surface area (Å²) in [5, 5.41) is 17.7. The summed E-state index contributed by atoms with van der Waals surface area (Å²) in [5.41, 5.74) is 1.44. The van der Waals surface area contributed by atoms with Gasteiger partial charge in [-0.3, -0.25) is 4.79 Å². The lowest BCUT2D eigenvalue weighted by molar-refractivity contribution is -0.137. The fraction of sp³-hybridized carbons (Fsp3) is 0.500. The van der Waals surface area contributed by atoms with Gasteiger partial charge in [0.1, 0.15) is 0 Å². The fourth-order valence-corrected chi connectivity index (χ4v) is 3.04. The van der Waals surface area contributed by atoms with Gasteiger partial charge in [-0.05, 0) is 61.6 Å². The molecule has 20 heavy (non-hydrogen) atoms. The molecule has 0 atom stereocenters. The second-order valence-electron chi connectivity index (χ2n) is 5.58. The van der Waals surface area contributed by atoms with Crippen LogP contribution in [0.5, 0.6) is 0 Å². The fourth-order valence-electron chi connectivity index (χ4n) is 3.04. The molecule has 2 rings (SSSR count). The monoisotopic (exact) mass is 276 g/mol. The van der Waals surface area contributed by atoms with Gasteiger partial charge in [-0.25, -0.2) is 4.79 Å². The predicted octanol–water partition coefficient (Wildman–Crippen LogP) is 3.52. The minimum atomic E-state index is -0.887. The van der Waals surface area contributed by atoms with Gasteiger partial charge in [0, 0.05) is 6.42 Å². The number of carboxylic acids is 2.